The molecule has 0 saturated heterocycles. The lowest BCUT2D eigenvalue weighted by molar-refractivity contribution is -0.139. The second-order valence-electron chi connectivity index (χ2n) is 5.67. The van der Waals surface area contributed by atoms with Crippen molar-refractivity contribution in [3.8, 4) is 0 Å². The minimum atomic E-state index is -1.48. The molecular formula is C18H23NO4. The van der Waals surface area contributed by atoms with Gasteiger partial charge in [-0.15, -0.1) is 0 Å². The molecule has 0 spiro atoms. The lowest BCUT2D eigenvalue weighted by atomic mass is 9.84. The van der Waals surface area contributed by atoms with Crippen LogP contribution in [0.3, 0.4) is 0 Å². The first-order valence-electron chi connectivity index (χ1n) is 7.66. The van der Waals surface area contributed by atoms with E-state index < -0.39 is 11.4 Å². The molecule has 0 aliphatic heterocycles. The smallest absolute Gasteiger partial charge is 0.218 e. The number of hydrogen-bond acceptors (Lipinski definition) is 4. The van der Waals surface area contributed by atoms with Crippen LogP contribution in [0.25, 0.3) is 0 Å². The average Bonchev–Trinajstić information content (AvgIpc) is 2.50. The number of benzene rings is 1. The third kappa shape index (κ3) is 4.58. The van der Waals surface area contributed by atoms with Gasteiger partial charge in [-0.05, 0) is 32.3 Å². The molecule has 1 N–H and O–H groups in total. The van der Waals surface area contributed by atoms with Crippen LogP contribution in [0.2, 0.25) is 0 Å². The van der Waals surface area contributed by atoms with Gasteiger partial charge in [-0.1, -0.05) is 31.2 Å². The molecule has 124 valence electrons. The number of ketones is 3. The van der Waals surface area contributed by atoms with Crippen LogP contribution in [0, 0.1) is 0 Å². The summed E-state index contributed by atoms with van der Waals surface area (Å²) in [4.78, 5) is 46.9. The number of amides is 1. The minimum absolute atomic E-state index is 0.0663. The van der Waals surface area contributed by atoms with Gasteiger partial charge in [-0.2, -0.15) is 0 Å². The van der Waals surface area contributed by atoms with Crippen molar-refractivity contribution in [2.24, 2.45) is 0 Å². The summed E-state index contributed by atoms with van der Waals surface area (Å²) >= 11 is 0. The van der Waals surface area contributed by atoms with Gasteiger partial charge in [0.25, 0.3) is 0 Å². The van der Waals surface area contributed by atoms with Gasteiger partial charge in [-0.25, -0.2) is 0 Å². The molecule has 0 fully saturated rings. The third-order valence-electron chi connectivity index (χ3n) is 3.98. The first-order valence-corrected chi connectivity index (χ1v) is 7.66. The van der Waals surface area contributed by atoms with Crippen LogP contribution in [0.4, 0.5) is 0 Å². The Kier molecular flexibility index (Phi) is 6.37. The zero-order chi connectivity index (χ0) is 17.6. The van der Waals surface area contributed by atoms with E-state index in [1.165, 1.54) is 20.8 Å². The highest BCUT2D eigenvalue weighted by molar-refractivity contribution is 6.11. The van der Waals surface area contributed by atoms with E-state index in [-0.39, 0.29) is 23.8 Å². The molecule has 1 aromatic carbocycles. The number of rotatable bonds is 8. The fourth-order valence-electron chi connectivity index (χ4n) is 2.53. The Morgan fingerprint density at radius 3 is 1.87 bits per heavy atom. The van der Waals surface area contributed by atoms with E-state index in [2.05, 4.69) is 5.32 Å². The number of Topliss-reactive ketones (excluding diaryl/α,β-unsaturated/α-hetero) is 3. The summed E-state index contributed by atoms with van der Waals surface area (Å²) in [5, 5.41) is 2.51. The average molecular weight is 317 g/mol. The summed E-state index contributed by atoms with van der Waals surface area (Å²) in [7, 11) is 0. The van der Waals surface area contributed by atoms with Gasteiger partial charge in [0.1, 0.15) is 0 Å². The predicted molar refractivity (Wildman–Crippen MR) is 87.3 cm³/mol. The van der Waals surface area contributed by atoms with E-state index in [9.17, 15) is 19.2 Å². The Balaban J connectivity index is 2.94. The lowest BCUT2D eigenvalue weighted by Crippen LogP contribution is -2.58. The normalized spacial score (nSPS) is 11.0. The highest BCUT2D eigenvalue weighted by atomic mass is 16.2. The number of carbonyl (C=O) groups is 4. The SMILES string of the molecule is CCC(=O)c1ccc(CCC(NC(C)=O)(C(C)=O)C(C)=O)cc1. The van der Waals surface area contributed by atoms with Gasteiger partial charge in [-0.3, -0.25) is 19.2 Å². The van der Waals surface area contributed by atoms with E-state index in [1.807, 2.05) is 12.1 Å². The number of hydrogen-bond donors (Lipinski definition) is 1. The number of carbonyl (C=O) groups excluding carboxylic acids is 4. The predicted octanol–water partition coefficient (Wildman–Crippen LogP) is 2.26. The summed E-state index contributed by atoms with van der Waals surface area (Å²) in [6.45, 7) is 5.70. The van der Waals surface area contributed by atoms with Gasteiger partial charge in [0, 0.05) is 18.9 Å². The van der Waals surface area contributed by atoms with Crippen LogP contribution in [0.5, 0.6) is 0 Å². The molecule has 0 unspecified atom stereocenters. The van der Waals surface area contributed by atoms with Crippen molar-refractivity contribution < 1.29 is 19.2 Å². The topological polar surface area (TPSA) is 80.3 Å². The monoisotopic (exact) mass is 317 g/mol. The molecule has 0 atom stereocenters. The molecule has 23 heavy (non-hydrogen) atoms. The maximum atomic E-state index is 12.0. The molecular weight excluding hydrogens is 294 g/mol. The van der Waals surface area contributed by atoms with Crippen molar-refractivity contribution in [1.82, 2.24) is 5.32 Å². The van der Waals surface area contributed by atoms with Crippen LogP contribution in [0.1, 0.15) is 56.5 Å². The second-order valence-corrected chi connectivity index (χ2v) is 5.67. The van der Waals surface area contributed by atoms with Crippen LogP contribution >= 0.6 is 0 Å². The molecule has 0 radical (unpaired) electrons. The van der Waals surface area contributed by atoms with E-state index >= 15 is 0 Å². The van der Waals surface area contributed by atoms with Crippen LogP contribution < -0.4 is 5.32 Å². The molecule has 5 heteroatoms. The molecule has 1 rings (SSSR count). The van der Waals surface area contributed by atoms with E-state index in [4.69, 9.17) is 0 Å². The second kappa shape index (κ2) is 7.81. The van der Waals surface area contributed by atoms with Crippen molar-refractivity contribution in [2.75, 3.05) is 0 Å². The third-order valence-corrected chi connectivity index (χ3v) is 3.98. The van der Waals surface area contributed by atoms with E-state index in [0.29, 0.717) is 18.4 Å². The molecule has 1 amide bonds. The maximum absolute atomic E-state index is 12.0. The summed E-state index contributed by atoms with van der Waals surface area (Å²) in [5.41, 5.74) is 0.0569. The van der Waals surface area contributed by atoms with Crippen LogP contribution in [0.15, 0.2) is 24.3 Å². The highest BCUT2D eigenvalue weighted by Gasteiger charge is 2.40. The fraction of sp³-hybridized carbons (Fsp3) is 0.444. The molecule has 0 aromatic heterocycles. The van der Waals surface area contributed by atoms with Crippen LogP contribution in [-0.2, 0) is 20.8 Å². The Hall–Kier alpha value is -2.30. The highest BCUT2D eigenvalue weighted by Crippen LogP contribution is 2.18. The Bertz CT molecular complexity index is 602. The molecule has 0 bridgehead atoms. The zero-order valence-electron chi connectivity index (χ0n) is 14.1. The first kappa shape index (κ1) is 18.7. The largest absolute Gasteiger partial charge is 0.338 e. The Morgan fingerprint density at radius 2 is 1.48 bits per heavy atom. The van der Waals surface area contributed by atoms with Crippen molar-refractivity contribution in [3.05, 3.63) is 35.4 Å². The minimum Gasteiger partial charge on any atom is -0.338 e. The van der Waals surface area contributed by atoms with Gasteiger partial charge < -0.3 is 5.32 Å². The molecule has 0 heterocycles. The Morgan fingerprint density at radius 1 is 0.957 bits per heavy atom. The fourth-order valence-corrected chi connectivity index (χ4v) is 2.53. The van der Waals surface area contributed by atoms with Crippen LogP contribution in [-0.4, -0.2) is 28.8 Å². The number of nitrogens with one attached hydrogen (secondary N) is 1. The van der Waals surface area contributed by atoms with Crippen molar-refractivity contribution in [2.45, 2.75) is 52.5 Å². The molecule has 5 nitrogen and oxygen atoms in total. The molecule has 0 aliphatic rings. The Labute approximate surface area is 136 Å². The standard InChI is InChI=1S/C18H23NO4/c1-5-17(23)16-8-6-15(7-9-16)10-11-18(12(2)20,13(3)21)19-14(4)22/h6-9H,5,10-11H2,1-4H3,(H,19,22). The lowest BCUT2D eigenvalue weighted by Gasteiger charge is -2.29. The molecule has 0 aliphatic carbocycles. The van der Waals surface area contributed by atoms with Gasteiger partial charge in [0.05, 0.1) is 0 Å². The molecule has 1 aromatic rings. The zero-order valence-corrected chi connectivity index (χ0v) is 14.1. The van der Waals surface area contributed by atoms with Gasteiger partial charge in [0.15, 0.2) is 22.9 Å². The van der Waals surface area contributed by atoms with E-state index in [1.54, 1.807) is 19.1 Å². The molecule has 0 saturated carbocycles. The summed E-state index contributed by atoms with van der Waals surface area (Å²) < 4.78 is 0. The van der Waals surface area contributed by atoms with Crippen molar-refractivity contribution >= 4 is 23.3 Å². The van der Waals surface area contributed by atoms with Crippen molar-refractivity contribution in [1.29, 1.82) is 0 Å². The summed E-state index contributed by atoms with van der Waals surface area (Å²) in [6.07, 6.45) is 1.08. The van der Waals surface area contributed by atoms with E-state index in [0.717, 1.165) is 5.56 Å². The van der Waals surface area contributed by atoms with Crippen molar-refractivity contribution in [3.63, 3.8) is 0 Å². The van der Waals surface area contributed by atoms with Gasteiger partial charge in [0.2, 0.25) is 5.91 Å². The number of aryl methyl sites for hydroxylation is 1. The quantitative estimate of drug-likeness (QED) is 0.589. The first-order chi connectivity index (χ1) is 10.7. The maximum Gasteiger partial charge on any atom is 0.218 e. The summed E-state index contributed by atoms with van der Waals surface area (Å²) in [5.74, 6) is -1.10. The van der Waals surface area contributed by atoms with Gasteiger partial charge >= 0.3 is 0 Å². The summed E-state index contributed by atoms with van der Waals surface area (Å²) in [6, 6.07) is 7.09.